The topological polar surface area (TPSA) is 61.4 Å². The second-order valence-electron chi connectivity index (χ2n) is 6.18. The number of carbonyl (C=O) groups is 2. The molecular formula is C16H16F7N3O2. The summed E-state index contributed by atoms with van der Waals surface area (Å²) in [6, 6.07) is -3.13. The van der Waals surface area contributed by atoms with Crippen molar-refractivity contribution in [3.05, 3.63) is 35.1 Å². The monoisotopic (exact) mass is 415 g/mol. The summed E-state index contributed by atoms with van der Waals surface area (Å²) in [6.07, 6.45) is -10.6. The Kier molecular flexibility index (Phi) is 6.09. The van der Waals surface area contributed by atoms with Crippen LogP contribution in [0.5, 0.6) is 0 Å². The van der Waals surface area contributed by atoms with Crippen LogP contribution in [0.25, 0.3) is 0 Å². The van der Waals surface area contributed by atoms with Gasteiger partial charge in [0, 0.05) is 19.2 Å². The molecule has 1 aromatic rings. The van der Waals surface area contributed by atoms with Crippen molar-refractivity contribution in [1.29, 1.82) is 0 Å². The van der Waals surface area contributed by atoms with E-state index in [1.165, 1.54) is 7.05 Å². The number of urea groups is 1. The molecule has 0 bridgehead atoms. The molecule has 12 heteroatoms. The summed E-state index contributed by atoms with van der Waals surface area (Å²) in [7, 11) is 1.23. The zero-order valence-electron chi connectivity index (χ0n) is 14.4. The van der Waals surface area contributed by atoms with Gasteiger partial charge in [-0.05, 0) is 31.0 Å². The number of hydrogen-bond donors (Lipinski definition) is 2. The second-order valence-corrected chi connectivity index (χ2v) is 6.18. The van der Waals surface area contributed by atoms with Crippen molar-refractivity contribution in [2.45, 2.75) is 43.8 Å². The number of piperidine rings is 1. The summed E-state index contributed by atoms with van der Waals surface area (Å²) in [5, 5.41) is 4.32. The number of halogens is 7. The first-order valence-corrected chi connectivity index (χ1v) is 8.05. The van der Waals surface area contributed by atoms with E-state index >= 15 is 0 Å². The van der Waals surface area contributed by atoms with E-state index in [4.69, 9.17) is 0 Å². The molecule has 2 atom stereocenters. The number of amides is 3. The summed E-state index contributed by atoms with van der Waals surface area (Å²) in [5.74, 6) is -2.34. The van der Waals surface area contributed by atoms with Gasteiger partial charge in [-0.3, -0.25) is 4.79 Å². The van der Waals surface area contributed by atoms with Gasteiger partial charge in [0.15, 0.2) is 0 Å². The normalized spacial score (nSPS) is 20.9. The van der Waals surface area contributed by atoms with E-state index in [1.54, 1.807) is 0 Å². The van der Waals surface area contributed by atoms with Crippen molar-refractivity contribution in [2.75, 3.05) is 7.05 Å². The number of nitrogens with zero attached hydrogens (tertiary/aromatic N) is 1. The molecule has 0 spiro atoms. The number of likely N-dealkylation sites (tertiary alicyclic amines) is 1. The molecule has 156 valence electrons. The highest BCUT2D eigenvalue weighted by molar-refractivity contribution is 5.87. The first kappa shape index (κ1) is 21.8. The lowest BCUT2D eigenvalue weighted by atomic mass is 9.95. The minimum absolute atomic E-state index is 0.253. The number of benzene rings is 1. The molecule has 28 heavy (non-hydrogen) atoms. The lowest BCUT2D eigenvalue weighted by Gasteiger charge is -2.40. The van der Waals surface area contributed by atoms with Crippen LogP contribution in [-0.4, -0.2) is 42.1 Å². The minimum atomic E-state index is -4.87. The Labute approximate surface area is 154 Å². The van der Waals surface area contributed by atoms with Crippen LogP contribution in [-0.2, 0) is 17.5 Å². The maximum atomic E-state index is 14.0. The summed E-state index contributed by atoms with van der Waals surface area (Å²) in [5.41, 5.74) is -1.96. The van der Waals surface area contributed by atoms with E-state index in [0.29, 0.717) is 18.2 Å². The lowest BCUT2D eigenvalue weighted by molar-refractivity contribution is -0.199. The van der Waals surface area contributed by atoms with Crippen molar-refractivity contribution in [2.24, 2.45) is 0 Å². The van der Waals surface area contributed by atoms with Gasteiger partial charge in [-0.2, -0.15) is 26.3 Å². The first-order chi connectivity index (χ1) is 12.8. The third kappa shape index (κ3) is 4.84. The third-order valence-electron chi connectivity index (χ3n) is 4.31. The smallest absolute Gasteiger partial charge is 0.341 e. The first-order valence-electron chi connectivity index (χ1n) is 8.05. The predicted molar refractivity (Wildman–Crippen MR) is 82.4 cm³/mol. The molecule has 1 heterocycles. The summed E-state index contributed by atoms with van der Waals surface area (Å²) in [4.78, 5) is 24.1. The van der Waals surface area contributed by atoms with E-state index in [0.717, 1.165) is 0 Å². The summed E-state index contributed by atoms with van der Waals surface area (Å²) >= 11 is 0. The van der Waals surface area contributed by atoms with E-state index < -0.39 is 66.3 Å². The van der Waals surface area contributed by atoms with Gasteiger partial charge in [0.2, 0.25) is 5.91 Å². The van der Waals surface area contributed by atoms with Crippen LogP contribution in [0.4, 0.5) is 35.5 Å². The van der Waals surface area contributed by atoms with Gasteiger partial charge in [0.1, 0.15) is 17.9 Å². The zero-order chi connectivity index (χ0) is 21.3. The quantitative estimate of drug-likeness (QED) is 0.745. The molecule has 0 unspecified atom stereocenters. The molecule has 0 saturated carbocycles. The average Bonchev–Trinajstić information content (AvgIpc) is 2.57. The van der Waals surface area contributed by atoms with Crippen LogP contribution in [0.3, 0.4) is 0 Å². The molecule has 5 nitrogen and oxygen atoms in total. The molecule has 0 aromatic heterocycles. The Morgan fingerprint density at radius 3 is 2.36 bits per heavy atom. The van der Waals surface area contributed by atoms with Crippen LogP contribution in [0.15, 0.2) is 18.2 Å². The van der Waals surface area contributed by atoms with Gasteiger partial charge in [0.25, 0.3) is 0 Å². The second kappa shape index (κ2) is 7.84. The van der Waals surface area contributed by atoms with E-state index in [-0.39, 0.29) is 11.3 Å². The lowest BCUT2D eigenvalue weighted by Crippen LogP contribution is -2.60. The molecule has 1 fully saturated rings. The molecule has 1 aliphatic rings. The Bertz CT molecular complexity index is 749. The van der Waals surface area contributed by atoms with Crippen LogP contribution in [0, 0.1) is 5.82 Å². The summed E-state index contributed by atoms with van der Waals surface area (Å²) < 4.78 is 92.4. The number of carbonyl (C=O) groups excluding carboxylic acids is 2. The van der Waals surface area contributed by atoms with Crippen molar-refractivity contribution >= 4 is 11.9 Å². The van der Waals surface area contributed by atoms with Crippen molar-refractivity contribution in [3.8, 4) is 0 Å². The fraction of sp³-hybridized carbons (Fsp3) is 0.500. The standard InChI is InChI=1S/C16H16F7N3O2/c1-24-14(28)25-11-4-5-12(16(21,22)23)26(13(11)27)7-8-6-9(15(18,19)20)2-3-10(8)17/h2-3,6,11-12H,4-5,7H2,1H3,(H2,24,25,28)/t11-,12+/m1/s1. The van der Waals surface area contributed by atoms with Gasteiger partial charge < -0.3 is 15.5 Å². The molecule has 0 radical (unpaired) electrons. The minimum Gasteiger partial charge on any atom is -0.341 e. The van der Waals surface area contributed by atoms with Crippen LogP contribution in [0.2, 0.25) is 0 Å². The van der Waals surface area contributed by atoms with Gasteiger partial charge in [-0.15, -0.1) is 0 Å². The molecule has 2 N–H and O–H groups in total. The fourth-order valence-corrected chi connectivity index (χ4v) is 2.91. The third-order valence-corrected chi connectivity index (χ3v) is 4.31. The van der Waals surface area contributed by atoms with Crippen LogP contribution in [0.1, 0.15) is 24.0 Å². The van der Waals surface area contributed by atoms with E-state index in [2.05, 4.69) is 10.6 Å². The van der Waals surface area contributed by atoms with Crippen LogP contribution >= 0.6 is 0 Å². The van der Waals surface area contributed by atoms with E-state index in [9.17, 15) is 40.3 Å². The van der Waals surface area contributed by atoms with Gasteiger partial charge >= 0.3 is 18.4 Å². The highest BCUT2D eigenvalue weighted by Crippen LogP contribution is 2.35. The van der Waals surface area contributed by atoms with Gasteiger partial charge in [-0.1, -0.05) is 0 Å². The van der Waals surface area contributed by atoms with Crippen molar-refractivity contribution in [1.82, 2.24) is 15.5 Å². The Morgan fingerprint density at radius 2 is 1.82 bits per heavy atom. The Hall–Kier alpha value is -2.53. The fourth-order valence-electron chi connectivity index (χ4n) is 2.91. The molecule has 1 aliphatic heterocycles. The van der Waals surface area contributed by atoms with E-state index in [1.807, 2.05) is 0 Å². The predicted octanol–water partition coefficient (Wildman–Crippen LogP) is 3.20. The molecule has 3 amide bonds. The van der Waals surface area contributed by atoms with Crippen LogP contribution < -0.4 is 10.6 Å². The number of rotatable bonds is 3. The molecule has 0 aliphatic carbocycles. The molecule has 1 aromatic carbocycles. The SMILES string of the molecule is CNC(=O)N[C@@H]1CC[C@@H](C(F)(F)F)N(Cc2cc(C(F)(F)F)ccc2F)C1=O. The maximum Gasteiger partial charge on any atom is 0.416 e. The Morgan fingerprint density at radius 1 is 1.18 bits per heavy atom. The average molecular weight is 415 g/mol. The molecule has 2 rings (SSSR count). The molecular weight excluding hydrogens is 399 g/mol. The van der Waals surface area contributed by atoms with Gasteiger partial charge in [0.05, 0.1) is 5.56 Å². The highest BCUT2D eigenvalue weighted by Gasteiger charge is 2.50. The van der Waals surface area contributed by atoms with Crippen molar-refractivity contribution < 1.29 is 40.3 Å². The number of alkyl halides is 6. The maximum absolute atomic E-state index is 14.0. The number of hydrogen-bond acceptors (Lipinski definition) is 2. The largest absolute Gasteiger partial charge is 0.416 e. The highest BCUT2D eigenvalue weighted by atomic mass is 19.4. The number of nitrogens with one attached hydrogen (secondary N) is 2. The summed E-state index contributed by atoms with van der Waals surface area (Å²) in [6.45, 7) is -1.02. The Balaban J connectivity index is 2.37. The molecule has 1 saturated heterocycles. The van der Waals surface area contributed by atoms with Crippen molar-refractivity contribution in [3.63, 3.8) is 0 Å². The van der Waals surface area contributed by atoms with Gasteiger partial charge in [-0.25, -0.2) is 9.18 Å². The zero-order valence-corrected chi connectivity index (χ0v) is 14.4.